The zero-order valence-corrected chi connectivity index (χ0v) is 18.0. The van der Waals surface area contributed by atoms with Crippen molar-refractivity contribution in [2.45, 2.75) is 62.9 Å². The van der Waals surface area contributed by atoms with Gasteiger partial charge in [0, 0.05) is 18.4 Å². The lowest BCUT2D eigenvalue weighted by atomic mass is 10.2. The molecule has 1 aliphatic rings. The number of aromatic nitrogens is 4. The van der Waals surface area contributed by atoms with E-state index in [9.17, 15) is 4.79 Å². The largest absolute Gasteiger partial charge is 0.383 e. The van der Waals surface area contributed by atoms with Gasteiger partial charge in [0.15, 0.2) is 11.0 Å². The van der Waals surface area contributed by atoms with E-state index in [2.05, 4.69) is 17.1 Å². The Labute approximate surface area is 171 Å². The van der Waals surface area contributed by atoms with E-state index in [1.807, 2.05) is 6.92 Å². The first-order valence-corrected chi connectivity index (χ1v) is 11.3. The van der Waals surface area contributed by atoms with E-state index in [1.165, 1.54) is 22.2 Å². The second kappa shape index (κ2) is 8.34. The summed E-state index contributed by atoms with van der Waals surface area (Å²) in [5.74, 6) is 1.29. The van der Waals surface area contributed by atoms with Gasteiger partial charge in [-0.05, 0) is 38.2 Å². The van der Waals surface area contributed by atoms with Crippen molar-refractivity contribution in [1.82, 2.24) is 19.7 Å². The van der Waals surface area contributed by atoms with Crippen molar-refractivity contribution in [2.24, 2.45) is 0 Å². The molecule has 9 heteroatoms. The number of hydrogen-bond donors (Lipinski definition) is 0. The third-order valence-corrected chi connectivity index (χ3v) is 7.16. The molecule has 0 amide bonds. The molecular weight excluding hydrogens is 396 g/mol. The number of aryl methyl sites for hydroxylation is 3. The summed E-state index contributed by atoms with van der Waals surface area (Å²) in [6, 6.07) is 0. The van der Waals surface area contributed by atoms with Gasteiger partial charge in [0.25, 0.3) is 5.56 Å². The first kappa shape index (κ1) is 19.6. The normalized spacial score (nSPS) is 14.7. The molecule has 3 aromatic rings. The van der Waals surface area contributed by atoms with Gasteiger partial charge in [0.05, 0.1) is 23.8 Å². The lowest BCUT2D eigenvalue weighted by Crippen LogP contribution is -2.25. The van der Waals surface area contributed by atoms with Crippen LogP contribution in [0.25, 0.3) is 10.2 Å². The van der Waals surface area contributed by atoms with Crippen LogP contribution < -0.4 is 5.56 Å². The zero-order chi connectivity index (χ0) is 19.7. The van der Waals surface area contributed by atoms with E-state index in [1.54, 1.807) is 23.0 Å². The van der Waals surface area contributed by atoms with Crippen LogP contribution in [-0.2, 0) is 30.5 Å². The van der Waals surface area contributed by atoms with Crippen molar-refractivity contribution in [3.8, 4) is 0 Å². The van der Waals surface area contributed by atoms with Crippen LogP contribution in [-0.4, -0.2) is 33.4 Å². The van der Waals surface area contributed by atoms with Crippen LogP contribution in [0.15, 0.2) is 14.5 Å². The number of thioether (sulfide) groups is 1. The van der Waals surface area contributed by atoms with Gasteiger partial charge in [-0.25, -0.2) is 4.98 Å². The van der Waals surface area contributed by atoms with Crippen LogP contribution in [0, 0.1) is 0 Å². The number of thiophene rings is 1. The summed E-state index contributed by atoms with van der Waals surface area (Å²) in [4.78, 5) is 24.8. The summed E-state index contributed by atoms with van der Waals surface area (Å²) < 4.78 is 12.4. The highest BCUT2D eigenvalue weighted by molar-refractivity contribution is 7.99. The van der Waals surface area contributed by atoms with E-state index >= 15 is 0 Å². The summed E-state index contributed by atoms with van der Waals surface area (Å²) in [6.07, 6.45) is 4.92. The molecule has 0 radical (unpaired) electrons. The summed E-state index contributed by atoms with van der Waals surface area (Å²) in [5.41, 5.74) is 1.24. The van der Waals surface area contributed by atoms with Crippen LogP contribution in [0.2, 0.25) is 0 Å². The maximum atomic E-state index is 13.3. The molecule has 0 N–H and O–H groups in total. The van der Waals surface area contributed by atoms with Crippen molar-refractivity contribution in [3.63, 3.8) is 0 Å². The number of methoxy groups -OCH3 is 1. The van der Waals surface area contributed by atoms with E-state index in [0.29, 0.717) is 24.2 Å². The van der Waals surface area contributed by atoms with Crippen LogP contribution in [0.3, 0.4) is 0 Å². The molecule has 0 aromatic carbocycles. The van der Waals surface area contributed by atoms with E-state index < -0.39 is 0 Å². The topological polar surface area (TPSA) is 83.0 Å². The van der Waals surface area contributed by atoms with Gasteiger partial charge in [-0.15, -0.1) is 11.3 Å². The molecule has 3 aromatic heterocycles. The average molecular weight is 421 g/mol. The molecule has 3 heterocycles. The number of rotatable bonds is 8. The molecule has 0 fully saturated rings. The van der Waals surface area contributed by atoms with Crippen molar-refractivity contribution < 1.29 is 9.26 Å². The summed E-state index contributed by atoms with van der Waals surface area (Å²) >= 11 is 3.14. The van der Waals surface area contributed by atoms with Crippen LogP contribution >= 0.6 is 23.1 Å². The molecule has 7 nitrogen and oxygen atoms in total. The number of nitrogens with zero attached hydrogens (tertiary/aromatic N) is 4. The minimum atomic E-state index is -0.0944. The highest BCUT2D eigenvalue weighted by Gasteiger charge is 2.25. The third kappa shape index (κ3) is 3.62. The molecule has 28 heavy (non-hydrogen) atoms. The first-order chi connectivity index (χ1) is 13.6. The number of fused-ring (bicyclic) bond motifs is 3. The second-order valence-corrected chi connectivity index (χ2v) is 9.33. The molecule has 0 spiro atoms. The quantitative estimate of drug-likeness (QED) is 0.405. The monoisotopic (exact) mass is 420 g/mol. The van der Waals surface area contributed by atoms with Crippen molar-refractivity contribution in [1.29, 1.82) is 0 Å². The van der Waals surface area contributed by atoms with E-state index in [-0.39, 0.29) is 10.8 Å². The van der Waals surface area contributed by atoms with Gasteiger partial charge in [0.1, 0.15) is 4.83 Å². The second-order valence-electron chi connectivity index (χ2n) is 6.94. The summed E-state index contributed by atoms with van der Waals surface area (Å²) in [5, 5.41) is 5.42. The van der Waals surface area contributed by atoms with Crippen molar-refractivity contribution in [2.75, 3.05) is 13.7 Å². The molecular formula is C19H24N4O3S2. The van der Waals surface area contributed by atoms with Crippen LogP contribution in [0.1, 0.15) is 54.1 Å². The summed E-state index contributed by atoms with van der Waals surface area (Å²) in [7, 11) is 1.64. The fourth-order valence-corrected chi connectivity index (χ4v) is 5.76. The average Bonchev–Trinajstić information content (AvgIpc) is 3.37. The Kier molecular flexibility index (Phi) is 5.84. The molecule has 150 valence electrons. The molecule has 0 saturated carbocycles. The predicted molar refractivity (Wildman–Crippen MR) is 110 cm³/mol. The van der Waals surface area contributed by atoms with Gasteiger partial charge in [-0.2, -0.15) is 4.98 Å². The number of hydrogen-bond acceptors (Lipinski definition) is 8. The van der Waals surface area contributed by atoms with Gasteiger partial charge in [-0.3, -0.25) is 9.36 Å². The lowest BCUT2D eigenvalue weighted by molar-refractivity contribution is 0.183. The smallest absolute Gasteiger partial charge is 0.263 e. The Morgan fingerprint density at radius 3 is 3.00 bits per heavy atom. The Hall–Kier alpha value is -1.71. The van der Waals surface area contributed by atoms with Gasteiger partial charge in [-0.1, -0.05) is 23.8 Å². The molecule has 1 unspecified atom stereocenters. The highest BCUT2D eigenvalue weighted by Crippen LogP contribution is 2.38. The first-order valence-electron chi connectivity index (χ1n) is 9.65. The molecule has 1 aliphatic carbocycles. The van der Waals surface area contributed by atoms with Crippen LogP contribution in [0.4, 0.5) is 0 Å². The zero-order valence-electron chi connectivity index (χ0n) is 16.4. The third-order valence-electron chi connectivity index (χ3n) is 4.90. The van der Waals surface area contributed by atoms with Crippen molar-refractivity contribution >= 4 is 33.3 Å². The maximum Gasteiger partial charge on any atom is 0.263 e. The van der Waals surface area contributed by atoms with Crippen molar-refractivity contribution in [3.05, 3.63) is 32.5 Å². The predicted octanol–water partition coefficient (Wildman–Crippen LogP) is 3.78. The van der Waals surface area contributed by atoms with Gasteiger partial charge < -0.3 is 9.26 Å². The van der Waals surface area contributed by atoms with E-state index in [4.69, 9.17) is 14.2 Å². The molecule has 0 saturated heterocycles. The van der Waals surface area contributed by atoms with E-state index in [0.717, 1.165) is 48.1 Å². The lowest BCUT2D eigenvalue weighted by Gasteiger charge is -2.13. The maximum absolute atomic E-state index is 13.3. The standard InChI is InChI=1S/C19H24N4O3S2/c1-4-6-14-20-16(26-22-14)11(2)27-19-21-17-15(12-7-5-8-13(12)28-17)18(24)23(19)9-10-25-3/h11H,4-10H2,1-3H3. The fraction of sp³-hybridized carbons (Fsp3) is 0.579. The molecule has 4 rings (SSSR count). The van der Waals surface area contributed by atoms with Gasteiger partial charge in [0.2, 0.25) is 5.89 Å². The van der Waals surface area contributed by atoms with Gasteiger partial charge >= 0.3 is 0 Å². The molecule has 0 bridgehead atoms. The molecule has 0 aliphatic heterocycles. The SMILES string of the molecule is CCCc1noc(C(C)Sc2nc3sc4c(c3c(=O)n2CCOC)CCC4)n1. The Morgan fingerprint density at radius 2 is 2.21 bits per heavy atom. The fourth-order valence-electron chi connectivity index (χ4n) is 3.49. The Balaban J connectivity index is 1.71. The van der Waals surface area contributed by atoms with Crippen LogP contribution in [0.5, 0.6) is 0 Å². The highest BCUT2D eigenvalue weighted by atomic mass is 32.2. The number of ether oxygens (including phenoxy) is 1. The minimum absolute atomic E-state index is 0.0355. The minimum Gasteiger partial charge on any atom is -0.383 e. The Bertz CT molecular complexity index is 1040. The Morgan fingerprint density at radius 1 is 1.36 bits per heavy atom. The molecule has 1 atom stereocenters. The summed E-state index contributed by atoms with van der Waals surface area (Å²) in [6.45, 7) is 5.02.